The number of nitrogens with one attached hydrogen (secondary N) is 2. The van der Waals surface area contributed by atoms with Crippen LogP contribution < -0.4 is 10.6 Å². The van der Waals surface area contributed by atoms with E-state index in [2.05, 4.69) is 15.6 Å². The summed E-state index contributed by atoms with van der Waals surface area (Å²) >= 11 is 0. The van der Waals surface area contributed by atoms with Crippen LogP contribution in [0.3, 0.4) is 0 Å². The van der Waals surface area contributed by atoms with Crippen LogP contribution in [0.4, 0.5) is 16.2 Å². The molecule has 20 heavy (non-hydrogen) atoms. The van der Waals surface area contributed by atoms with E-state index in [-0.39, 0.29) is 11.8 Å². The van der Waals surface area contributed by atoms with Gasteiger partial charge in [-0.15, -0.1) is 0 Å². The highest BCUT2D eigenvalue weighted by molar-refractivity contribution is 6.00. The van der Waals surface area contributed by atoms with Gasteiger partial charge < -0.3 is 10.6 Å². The predicted octanol–water partition coefficient (Wildman–Crippen LogP) is 3.24. The third kappa shape index (κ3) is 3.41. The first kappa shape index (κ1) is 13.7. The zero-order chi connectivity index (χ0) is 14.5. The fourth-order valence-corrected chi connectivity index (χ4v) is 1.69. The second-order valence-corrected chi connectivity index (χ2v) is 4.35. The van der Waals surface area contributed by atoms with Gasteiger partial charge in [0, 0.05) is 17.4 Å². The van der Waals surface area contributed by atoms with Crippen LogP contribution in [0.1, 0.15) is 23.0 Å². The maximum Gasteiger partial charge on any atom is 0.323 e. The molecule has 5 heteroatoms. The number of aryl methyl sites for hydroxylation is 1. The summed E-state index contributed by atoms with van der Waals surface area (Å²) < 4.78 is 0. The van der Waals surface area contributed by atoms with Gasteiger partial charge in [0.15, 0.2) is 5.78 Å². The molecule has 0 saturated heterocycles. The Morgan fingerprint density at radius 2 is 1.75 bits per heavy atom. The average Bonchev–Trinajstić information content (AvgIpc) is 2.42. The molecule has 0 fully saturated rings. The van der Waals surface area contributed by atoms with Crippen molar-refractivity contribution < 1.29 is 9.59 Å². The normalized spacial score (nSPS) is 9.90. The molecule has 2 amide bonds. The molecular weight excluding hydrogens is 254 g/mol. The Labute approximate surface area is 117 Å². The molecule has 0 radical (unpaired) electrons. The standard InChI is InChI=1S/C15H15N3O2/c1-10-14(4-3-9-16-10)18-15(20)17-13-7-5-12(6-8-13)11(2)19/h3-9H,1-2H3,(H2,17,18,20). The Balaban J connectivity index is 2.01. The highest BCUT2D eigenvalue weighted by atomic mass is 16.2. The molecular formula is C15H15N3O2. The summed E-state index contributed by atoms with van der Waals surface area (Å²) in [7, 11) is 0. The number of urea groups is 1. The first-order chi connectivity index (χ1) is 9.56. The summed E-state index contributed by atoms with van der Waals surface area (Å²) in [5, 5.41) is 5.41. The van der Waals surface area contributed by atoms with Crippen molar-refractivity contribution >= 4 is 23.2 Å². The SMILES string of the molecule is CC(=O)c1ccc(NC(=O)Nc2cccnc2C)cc1. The number of hydrogen-bond donors (Lipinski definition) is 2. The van der Waals surface area contributed by atoms with E-state index in [1.165, 1.54) is 6.92 Å². The number of hydrogen-bond acceptors (Lipinski definition) is 3. The second-order valence-electron chi connectivity index (χ2n) is 4.35. The van der Waals surface area contributed by atoms with Gasteiger partial charge in [0.25, 0.3) is 0 Å². The van der Waals surface area contributed by atoms with Gasteiger partial charge >= 0.3 is 6.03 Å². The Bertz CT molecular complexity index is 636. The lowest BCUT2D eigenvalue weighted by Gasteiger charge is -2.09. The van der Waals surface area contributed by atoms with Crippen molar-refractivity contribution in [2.45, 2.75) is 13.8 Å². The number of ketones is 1. The number of rotatable bonds is 3. The molecule has 2 rings (SSSR count). The molecule has 0 spiro atoms. The molecule has 0 aliphatic heterocycles. The molecule has 0 atom stereocenters. The van der Waals surface area contributed by atoms with Crippen LogP contribution in [0.2, 0.25) is 0 Å². The van der Waals surface area contributed by atoms with E-state index < -0.39 is 0 Å². The van der Waals surface area contributed by atoms with Crippen molar-refractivity contribution in [3.63, 3.8) is 0 Å². The summed E-state index contributed by atoms with van der Waals surface area (Å²) in [6.45, 7) is 3.32. The molecule has 0 saturated carbocycles. The molecule has 1 heterocycles. The summed E-state index contributed by atoms with van der Waals surface area (Å²) in [6, 6.07) is 9.90. The van der Waals surface area contributed by atoms with Gasteiger partial charge in [0.1, 0.15) is 0 Å². The summed E-state index contributed by atoms with van der Waals surface area (Å²) in [5.74, 6) is -0.00742. The molecule has 2 N–H and O–H groups in total. The van der Waals surface area contributed by atoms with Crippen LogP contribution in [-0.2, 0) is 0 Å². The number of anilines is 2. The molecule has 0 aliphatic carbocycles. The van der Waals surface area contributed by atoms with E-state index in [9.17, 15) is 9.59 Å². The van der Waals surface area contributed by atoms with Crippen LogP contribution in [0, 0.1) is 6.92 Å². The molecule has 102 valence electrons. The van der Waals surface area contributed by atoms with E-state index in [4.69, 9.17) is 0 Å². The number of carbonyl (C=O) groups is 2. The number of amides is 2. The van der Waals surface area contributed by atoms with Gasteiger partial charge in [-0.25, -0.2) is 4.79 Å². The lowest BCUT2D eigenvalue weighted by Crippen LogP contribution is -2.20. The minimum Gasteiger partial charge on any atom is -0.308 e. The molecule has 5 nitrogen and oxygen atoms in total. The van der Waals surface area contributed by atoms with Crippen molar-refractivity contribution in [1.82, 2.24) is 4.98 Å². The zero-order valence-electron chi connectivity index (χ0n) is 11.3. The first-order valence-electron chi connectivity index (χ1n) is 6.17. The number of Topliss-reactive ketones (excluding diaryl/α,β-unsaturated/α-hetero) is 1. The first-order valence-corrected chi connectivity index (χ1v) is 6.17. The van der Waals surface area contributed by atoms with Gasteiger partial charge in [-0.3, -0.25) is 9.78 Å². The Kier molecular flexibility index (Phi) is 4.10. The number of pyridine rings is 1. The van der Waals surface area contributed by atoms with Gasteiger partial charge in [-0.2, -0.15) is 0 Å². The summed E-state index contributed by atoms with van der Waals surface area (Å²) in [6.07, 6.45) is 1.67. The van der Waals surface area contributed by atoms with Crippen molar-refractivity contribution in [1.29, 1.82) is 0 Å². The van der Waals surface area contributed by atoms with E-state index in [0.717, 1.165) is 5.69 Å². The lowest BCUT2D eigenvalue weighted by atomic mass is 10.1. The third-order valence-electron chi connectivity index (χ3n) is 2.80. The molecule has 2 aromatic rings. The summed E-state index contributed by atoms with van der Waals surface area (Å²) in [5.41, 5.74) is 2.63. The van der Waals surface area contributed by atoms with Gasteiger partial charge in [0.05, 0.1) is 11.4 Å². The minimum absolute atomic E-state index is 0.00742. The molecule has 0 unspecified atom stereocenters. The monoisotopic (exact) mass is 269 g/mol. The molecule has 1 aromatic heterocycles. The topological polar surface area (TPSA) is 71.1 Å². The predicted molar refractivity (Wildman–Crippen MR) is 78.1 cm³/mol. The highest BCUT2D eigenvalue weighted by Gasteiger charge is 2.05. The van der Waals surface area contributed by atoms with Crippen molar-refractivity contribution in [2.24, 2.45) is 0 Å². The largest absolute Gasteiger partial charge is 0.323 e. The smallest absolute Gasteiger partial charge is 0.308 e. The van der Waals surface area contributed by atoms with Crippen LogP contribution in [0.15, 0.2) is 42.6 Å². The molecule has 0 bridgehead atoms. The van der Waals surface area contributed by atoms with E-state index in [1.807, 2.05) is 6.92 Å². The quantitative estimate of drug-likeness (QED) is 0.840. The second kappa shape index (κ2) is 5.97. The third-order valence-corrected chi connectivity index (χ3v) is 2.80. The van der Waals surface area contributed by atoms with Crippen LogP contribution in [0.5, 0.6) is 0 Å². The van der Waals surface area contributed by atoms with Gasteiger partial charge in [-0.05, 0) is 50.2 Å². The fourth-order valence-electron chi connectivity index (χ4n) is 1.69. The van der Waals surface area contributed by atoms with Crippen LogP contribution >= 0.6 is 0 Å². The lowest BCUT2D eigenvalue weighted by molar-refractivity contribution is 0.101. The average molecular weight is 269 g/mol. The molecule has 0 aliphatic rings. The van der Waals surface area contributed by atoms with Crippen LogP contribution in [0.25, 0.3) is 0 Å². The van der Waals surface area contributed by atoms with E-state index >= 15 is 0 Å². The Morgan fingerprint density at radius 1 is 1.05 bits per heavy atom. The van der Waals surface area contributed by atoms with E-state index in [1.54, 1.807) is 42.6 Å². The number of aromatic nitrogens is 1. The van der Waals surface area contributed by atoms with Gasteiger partial charge in [-0.1, -0.05) is 0 Å². The summed E-state index contributed by atoms with van der Waals surface area (Å²) in [4.78, 5) is 27.1. The van der Waals surface area contributed by atoms with E-state index in [0.29, 0.717) is 16.9 Å². The maximum atomic E-state index is 11.8. The zero-order valence-corrected chi connectivity index (χ0v) is 11.3. The van der Waals surface area contributed by atoms with Crippen LogP contribution in [-0.4, -0.2) is 16.8 Å². The van der Waals surface area contributed by atoms with Crippen molar-refractivity contribution in [2.75, 3.05) is 10.6 Å². The minimum atomic E-state index is -0.350. The molecule has 1 aromatic carbocycles. The maximum absolute atomic E-state index is 11.8. The van der Waals surface area contributed by atoms with Crippen molar-refractivity contribution in [3.05, 3.63) is 53.9 Å². The van der Waals surface area contributed by atoms with Crippen molar-refractivity contribution in [3.8, 4) is 0 Å². The highest BCUT2D eigenvalue weighted by Crippen LogP contribution is 2.13. The number of nitrogens with zero attached hydrogens (tertiary/aromatic N) is 1. The Morgan fingerprint density at radius 3 is 2.35 bits per heavy atom. The fraction of sp³-hybridized carbons (Fsp3) is 0.133. The van der Waals surface area contributed by atoms with Gasteiger partial charge in [0.2, 0.25) is 0 Å². The number of benzene rings is 1. The number of carbonyl (C=O) groups excluding carboxylic acids is 2. The Hall–Kier alpha value is -2.69.